The van der Waals surface area contributed by atoms with Gasteiger partial charge >= 0.3 is 0 Å². The highest BCUT2D eigenvalue weighted by molar-refractivity contribution is 5.91. The van der Waals surface area contributed by atoms with Gasteiger partial charge in [-0.1, -0.05) is 0 Å². The summed E-state index contributed by atoms with van der Waals surface area (Å²) in [5.41, 5.74) is -0.0812. The van der Waals surface area contributed by atoms with E-state index in [4.69, 9.17) is 0 Å². The minimum atomic E-state index is -0.313. The fourth-order valence-corrected chi connectivity index (χ4v) is 1.82. The zero-order valence-electron chi connectivity index (χ0n) is 10.1. The molecule has 0 bridgehead atoms. The summed E-state index contributed by atoms with van der Waals surface area (Å²) in [6.45, 7) is 5.42. The van der Waals surface area contributed by atoms with Crippen LogP contribution in [-0.4, -0.2) is 60.0 Å². The molecule has 7 nitrogen and oxygen atoms in total. The van der Waals surface area contributed by atoms with Gasteiger partial charge in [0.15, 0.2) is 0 Å². The third kappa shape index (κ3) is 3.64. The molecule has 0 aliphatic carbocycles. The Morgan fingerprint density at radius 3 is 2.89 bits per heavy atom. The van der Waals surface area contributed by atoms with Crippen LogP contribution >= 0.6 is 0 Å². The van der Waals surface area contributed by atoms with E-state index in [0.717, 1.165) is 38.9 Å². The van der Waals surface area contributed by atoms with Crippen LogP contribution in [0.25, 0.3) is 0 Å². The monoisotopic (exact) mass is 251 g/mol. The average molecular weight is 251 g/mol. The molecule has 0 aromatic carbocycles. The number of carbonyl (C=O) groups excluding carboxylic acids is 1. The molecular formula is C11H17N5O2. The molecule has 3 N–H and O–H groups in total. The Morgan fingerprint density at radius 2 is 2.22 bits per heavy atom. The molecule has 1 amide bonds. The molecule has 18 heavy (non-hydrogen) atoms. The van der Waals surface area contributed by atoms with E-state index >= 15 is 0 Å². The summed E-state index contributed by atoms with van der Waals surface area (Å²) in [7, 11) is 0. The Morgan fingerprint density at radius 1 is 1.44 bits per heavy atom. The van der Waals surface area contributed by atoms with Gasteiger partial charge in [0, 0.05) is 45.5 Å². The lowest BCUT2D eigenvalue weighted by molar-refractivity contribution is 0.0942. The van der Waals surface area contributed by atoms with Crippen LogP contribution in [0.3, 0.4) is 0 Å². The topological polar surface area (TPSA) is 90.1 Å². The molecule has 7 heteroatoms. The summed E-state index contributed by atoms with van der Waals surface area (Å²) in [6, 6.07) is 0. The Kier molecular flexibility index (Phi) is 4.43. The second kappa shape index (κ2) is 6.27. The lowest BCUT2D eigenvalue weighted by atomic mass is 10.3. The molecule has 2 rings (SSSR count). The van der Waals surface area contributed by atoms with Crippen LogP contribution < -0.4 is 16.2 Å². The number of aromatic nitrogens is 2. The summed E-state index contributed by atoms with van der Waals surface area (Å²) in [5, 5.41) is 6.05. The molecule has 0 radical (unpaired) electrons. The first-order valence-electron chi connectivity index (χ1n) is 6.02. The molecule has 1 saturated heterocycles. The quantitative estimate of drug-likeness (QED) is 0.600. The number of hydrogen-bond acceptors (Lipinski definition) is 5. The van der Waals surface area contributed by atoms with Gasteiger partial charge in [-0.25, -0.2) is 4.98 Å². The summed E-state index contributed by atoms with van der Waals surface area (Å²) in [6.07, 6.45) is 2.42. The van der Waals surface area contributed by atoms with E-state index in [-0.39, 0.29) is 17.2 Å². The zero-order valence-corrected chi connectivity index (χ0v) is 10.1. The molecule has 98 valence electrons. The Hall–Kier alpha value is -1.73. The van der Waals surface area contributed by atoms with Crippen molar-refractivity contribution in [2.75, 3.05) is 39.3 Å². The number of H-pyrrole nitrogens is 1. The minimum absolute atomic E-state index is 0.231. The van der Waals surface area contributed by atoms with E-state index in [0.29, 0.717) is 6.54 Å². The van der Waals surface area contributed by atoms with Crippen molar-refractivity contribution in [3.63, 3.8) is 0 Å². The van der Waals surface area contributed by atoms with Crippen LogP contribution in [0, 0.1) is 0 Å². The summed E-state index contributed by atoms with van der Waals surface area (Å²) in [5.74, 6) is -0.263. The van der Waals surface area contributed by atoms with Gasteiger partial charge in [0.05, 0.1) is 6.20 Å². The fourth-order valence-electron chi connectivity index (χ4n) is 1.82. The van der Waals surface area contributed by atoms with Crippen LogP contribution in [0.15, 0.2) is 17.2 Å². The number of nitrogens with one attached hydrogen (secondary N) is 3. The van der Waals surface area contributed by atoms with Crippen LogP contribution in [0.4, 0.5) is 0 Å². The van der Waals surface area contributed by atoms with Crippen molar-refractivity contribution in [2.45, 2.75) is 0 Å². The number of piperazine rings is 1. The molecule has 0 spiro atoms. The number of hydrogen-bond donors (Lipinski definition) is 3. The average Bonchev–Trinajstić information content (AvgIpc) is 2.40. The fraction of sp³-hybridized carbons (Fsp3) is 0.545. The first-order chi connectivity index (χ1) is 8.75. The maximum atomic E-state index is 11.7. The van der Waals surface area contributed by atoms with Gasteiger partial charge in [-0.05, 0) is 0 Å². The van der Waals surface area contributed by atoms with E-state index in [1.54, 1.807) is 0 Å². The van der Waals surface area contributed by atoms with Crippen molar-refractivity contribution in [3.05, 3.63) is 28.4 Å². The smallest absolute Gasteiger partial charge is 0.271 e. The number of carbonyl (C=O) groups is 1. The molecule has 1 fully saturated rings. The molecule has 0 saturated carbocycles. The number of rotatable bonds is 4. The van der Waals surface area contributed by atoms with Crippen molar-refractivity contribution in [3.8, 4) is 0 Å². The van der Waals surface area contributed by atoms with Crippen molar-refractivity contribution >= 4 is 5.91 Å². The Balaban J connectivity index is 1.74. The predicted molar refractivity (Wildman–Crippen MR) is 66.5 cm³/mol. The third-order valence-corrected chi connectivity index (χ3v) is 2.83. The maximum Gasteiger partial charge on any atom is 0.271 e. The molecule has 1 aromatic rings. The van der Waals surface area contributed by atoms with Crippen LogP contribution in [0.1, 0.15) is 10.5 Å². The molecule has 1 aromatic heterocycles. The maximum absolute atomic E-state index is 11.7. The van der Waals surface area contributed by atoms with Crippen molar-refractivity contribution < 1.29 is 4.79 Å². The molecule has 1 aliphatic heterocycles. The second-order valence-electron chi connectivity index (χ2n) is 4.14. The number of nitrogens with zero attached hydrogens (tertiary/aromatic N) is 2. The predicted octanol–water partition coefficient (Wildman–Crippen LogP) is -1.60. The van der Waals surface area contributed by atoms with Crippen LogP contribution in [-0.2, 0) is 0 Å². The van der Waals surface area contributed by atoms with Gasteiger partial charge < -0.3 is 15.6 Å². The van der Waals surface area contributed by atoms with Gasteiger partial charge in [-0.15, -0.1) is 0 Å². The van der Waals surface area contributed by atoms with E-state index in [1.807, 2.05) is 0 Å². The molecule has 0 atom stereocenters. The Bertz CT molecular complexity index is 432. The van der Waals surface area contributed by atoms with Crippen LogP contribution in [0.2, 0.25) is 0 Å². The highest BCUT2D eigenvalue weighted by Crippen LogP contribution is 1.91. The lowest BCUT2D eigenvalue weighted by Crippen LogP contribution is -2.46. The van der Waals surface area contributed by atoms with Crippen LogP contribution in [0.5, 0.6) is 0 Å². The first-order valence-corrected chi connectivity index (χ1v) is 6.02. The van der Waals surface area contributed by atoms with Gasteiger partial charge in [0.25, 0.3) is 11.5 Å². The largest absolute Gasteiger partial charge is 0.349 e. The Labute approximate surface area is 105 Å². The number of aromatic amines is 1. The first kappa shape index (κ1) is 12.7. The highest BCUT2D eigenvalue weighted by atomic mass is 16.2. The molecule has 0 unspecified atom stereocenters. The van der Waals surface area contributed by atoms with E-state index < -0.39 is 0 Å². The zero-order chi connectivity index (χ0) is 12.8. The van der Waals surface area contributed by atoms with E-state index in [9.17, 15) is 9.59 Å². The molecule has 2 heterocycles. The number of amides is 1. The summed E-state index contributed by atoms with van der Waals surface area (Å²) in [4.78, 5) is 30.9. The van der Waals surface area contributed by atoms with Gasteiger partial charge in [0.1, 0.15) is 5.69 Å². The molecule has 1 aliphatic rings. The molecular weight excluding hydrogens is 234 g/mol. The van der Waals surface area contributed by atoms with Crippen molar-refractivity contribution in [1.29, 1.82) is 0 Å². The second-order valence-corrected chi connectivity index (χ2v) is 4.14. The van der Waals surface area contributed by atoms with Crippen molar-refractivity contribution in [2.24, 2.45) is 0 Å². The van der Waals surface area contributed by atoms with Gasteiger partial charge in [-0.3, -0.25) is 14.5 Å². The summed E-state index contributed by atoms with van der Waals surface area (Å²) >= 11 is 0. The SMILES string of the molecule is O=C(NCCN1CCNCC1)c1c[nH]c(=O)cn1. The van der Waals surface area contributed by atoms with E-state index in [2.05, 4.69) is 25.5 Å². The van der Waals surface area contributed by atoms with E-state index in [1.165, 1.54) is 6.20 Å². The van der Waals surface area contributed by atoms with Gasteiger partial charge in [0.2, 0.25) is 0 Å². The minimum Gasteiger partial charge on any atom is -0.349 e. The van der Waals surface area contributed by atoms with Gasteiger partial charge in [-0.2, -0.15) is 0 Å². The standard InChI is InChI=1S/C11H17N5O2/c17-10-8-14-9(7-15-10)11(18)13-3-6-16-4-1-12-2-5-16/h7-8,12H,1-6H2,(H,13,18)(H,15,17). The van der Waals surface area contributed by atoms with Crippen molar-refractivity contribution in [1.82, 2.24) is 25.5 Å². The normalized spacial score (nSPS) is 16.4. The third-order valence-electron chi connectivity index (χ3n) is 2.83. The highest BCUT2D eigenvalue weighted by Gasteiger charge is 2.10. The summed E-state index contributed by atoms with van der Waals surface area (Å²) < 4.78 is 0. The lowest BCUT2D eigenvalue weighted by Gasteiger charge is -2.26.